The molecule has 1 fully saturated rings. The zero-order valence-electron chi connectivity index (χ0n) is 16.2. The van der Waals surface area contributed by atoms with E-state index in [1.165, 1.54) is 7.11 Å². The van der Waals surface area contributed by atoms with Gasteiger partial charge in [0.2, 0.25) is 11.8 Å². The Morgan fingerprint density at radius 2 is 1.57 bits per heavy atom. The number of hydrogen-bond acceptors (Lipinski definition) is 5. The van der Waals surface area contributed by atoms with Gasteiger partial charge in [0.15, 0.2) is 0 Å². The topological polar surface area (TPSA) is 85.9 Å². The zero-order chi connectivity index (χ0) is 20.1. The van der Waals surface area contributed by atoms with Crippen molar-refractivity contribution in [3.8, 4) is 17.2 Å². The molecule has 7 nitrogen and oxygen atoms in total. The number of hydrogen-bond donors (Lipinski definition) is 2. The summed E-state index contributed by atoms with van der Waals surface area (Å²) in [7, 11) is 3.08. The average Bonchev–Trinajstić information content (AvgIpc) is 3.51. The van der Waals surface area contributed by atoms with Gasteiger partial charge >= 0.3 is 0 Å². The Morgan fingerprint density at radius 1 is 0.929 bits per heavy atom. The van der Waals surface area contributed by atoms with Crippen LogP contribution in [0.3, 0.4) is 0 Å². The van der Waals surface area contributed by atoms with E-state index in [9.17, 15) is 9.59 Å². The highest BCUT2D eigenvalue weighted by Gasteiger charge is 2.48. The molecule has 1 saturated carbocycles. The third kappa shape index (κ3) is 4.54. The Labute approximate surface area is 164 Å². The molecule has 0 aliphatic heterocycles. The van der Waals surface area contributed by atoms with Gasteiger partial charge in [-0.3, -0.25) is 9.59 Å². The van der Waals surface area contributed by atoms with Crippen LogP contribution in [-0.4, -0.2) is 32.6 Å². The molecule has 2 amide bonds. The number of ether oxygens (including phenoxy) is 3. The highest BCUT2D eigenvalue weighted by Crippen LogP contribution is 2.41. The molecule has 2 unspecified atom stereocenters. The minimum atomic E-state index is -0.352. The second-order valence-electron chi connectivity index (χ2n) is 6.45. The lowest BCUT2D eigenvalue weighted by Gasteiger charge is -2.11. The first-order valence-electron chi connectivity index (χ1n) is 9.12. The SMILES string of the molecule is CCOc1ccc(NC(=O)C2CC2C(=O)Nc2ccc(OC)cc2OC)cc1. The molecule has 2 aromatic rings. The Kier molecular flexibility index (Phi) is 6.03. The van der Waals surface area contributed by atoms with E-state index in [-0.39, 0.29) is 23.7 Å². The van der Waals surface area contributed by atoms with Gasteiger partial charge in [0.25, 0.3) is 0 Å². The van der Waals surface area contributed by atoms with Crippen molar-refractivity contribution in [2.24, 2.45) is 11.8 Å². The molecule has 2 N–H and O–H groups in total. The predicted molar refractivity (Wildman–Crippen MR) is 106 cm³/mol. The van der Waals surface area contributed by atoms with Gasteiger partial charge in [0.1, 0.15) is 17.2 Å². The van der Waals surface area contributed by atoms with Gasteiger partial charge in [-0.25, -0.2) is 0 Å². The molecule has 3 rings (SSSR count). The quantitative estimate of drug-likeness (QED) is 0.729. The molecular weight excluding hydrogens is 360 g/mol. The van der Waals surface area contributed by atoms with Crippen LogP contribution in [0.5, 0.6) is 17.2 Å². The first-order valence-corrected chi connectivity index (χ1v) is 9.12. The van der Waals surface area contributed by atoms with Crippen LogP contribution in [-0.2, 0) is 9.59 Å². The number of rotatable bonds is 8. The van der Waals surface area contributed by atoms with Crippen molar-refractivity contribution in [2.75, 3.05) is 31.5 Å². The highest BCUT2D eigenvalue weighted by molar-refractivity contribution is 6.03. The van der Waals surface area contributed by atoms with Crippen LogP contribution < -0.4 is 24.8 Å². The Bertz CT molecular complexity index is 850. The number of carbonyl (C=O) groups is 2. The molecule has 28 heavy (non-hydrogen) atoms. The van der Waals surface area contributed by atoms with Crippen LogP contribution in [0, 0.1) is 11.8 Å². The fourth-order valence-electron chi connectivity index (χ4n) is 2.94. The van der Waals surface area contributed by atoms with Gasteiger partial charge in [0, 0.05) is 11.8 Å². The summed E-state index contributed by atoms with van der Waals surface area (Å²) >= 11 is 0. The summed E-state index contributed by atoms with van der Waals surface area (Å²) in [4.78, 5) is 24.9. The number of anilines is 2. The molecule has 1 aliphatic carbocycles. The van der Waals surface area contributed by atoms with Crippen molar-refractivity contribution < 1.29 is 23.8 Å². The summed E-state index contributed by atoms with van der Waals surface area (Å²) in [6.45, 7) is 2.50. The largest absolute Gasteiger partial charge is 0.497 e. The van der Waals surface area contributed by atoms with E-state index in [1.54, 1.807) is 49.6 Å². The van der Waals surface area contributed by atoms with E-state index in [1.807, 2.05) is 6.92 Å². The second-order valence-corrected chi connectivity index (χ2v) is 6.45. The molecule has 0 aromatic heterocycles. The van der Waals surface area contributed by atoms with Crippen LogP contribution >= 0.6 is 0 Å². The van der Waals surface area contributed by atoms with Gasteiger partial charge in [-0.05, 0) is 49.7 Å². The predicted octanol–water partition coefficient (Wildman–Crippen LogP) is 3.32. The van der Waals surface area contributed by atoms with Gasteiger partial charge in [-0.1, -0.05) is 0 Å². The standard InChI is InChI=1S/C21H24N2O5/c1-4-28-14-7-5-13(6-8-14)22-20(24)16-12-17(16)21(25)23-18-10-9-15(26-2)11-19(18)27-3/h5-11,16-17H,4,12H2,1-3H3,(H,22,24)(H,23,25). The maximum Gasteiger partial charge on any atom is 0.228 e. The van der Waals surface area contributed by atoms with Crippen molar-refractivity contribution in [1.82, 2.24) is 0 Å². The normalized spacial score (nSPS) is 17.4. The van der Waals surface area contributed by atoms with E-state index < -0.39 is 0 Å². The fourth-order valence-corrected chi connectivity index (χ4v) is 2.94. The summed E-state index contributed by atoms with van der Waals surface area (Å²) in [5.74, 6) is 0.835. The summed E-state index contributed by atoms with van der Waals surface area (Å²) < 4.78 is 15.8. The smallest absolute Gasteiger partial charge is 0.228 e. The second kappa shape index (κ2) is 8.65. The number of methoxy groups -OCH3 is 2. The van der Waals surface area contributed by atoms with Crippen LogP contribution in [0.2, 0.25) is 0 Å². The molecule has 0 spiro atoms. The van der Waals surface area contributed by atoms with Gasteiger partial charge < -0.3 is 24.8 Å². The zero-order valence-corrected chi connectivity index (χ0v) is 16.2. The fraction of sp³-hybridized carbons (Fsp3) is 0.333. The first-order chi connectivity index (χ1) is 13.5. The number of amides is 2. The number of benzene rings is 2. The van der Waals surface area contributed by atoms with E-state index in [4.69, 9.17) is 14.2 Å². The summed E-state index contributed by atoms with van der Waals surface area (Å²) in [6.07, 6.45) is 0.521. The van der Waals surface area contributed by atoms with Crippen molar-refractivity contribution in [1.29, 1.82) is 0 Å². The van der Waals surface area contributed by atoms with Crippen LogP contribution in [0.4, 0.5) is 11.4 Å². The highest BCUT2D eigenvalue weighted by atomic mass is 16.5. The lowest BCUT2D eigenvalue weighted by molar-refractivity contribution is -0.122. The van der Waals surface area contributed by atoms with E-state index in [0.29, 0.717) is 35.9 Å². The van der Waals surface area contributed by atoms with Crippen molar-refractivity contribution in [3.05, 3.63) is 42.5 Å². The summed E-state index contributed by atoms with van der Waals surface area (Å²) in [5, 5.41) is 5.67. The minimum Gasteiger partial charge on any atom is -0.497 e. The maximum atomic E-state index is 12.5. The third-order valence-electron chi connectivity index (χ3n) is 4.56. The molecular formula is C21H24N2O5. The average molecular weight is 384 g/mol. The van der Waals surface area contributed by atoms with Crippen molar-refractivity contribution in [2.45, 2.75) is 13.3 Å². The van der Waals surface area contributed by atoms with E-state index in [2.05, 4.69) is 10.6 Å². The molecule has 0 heterocycles. The Morgan fingerprint density at radius 3 is 2.18 bits per heavy atom. The summed E-state index contributed by atoms with van der Waals surface area (Å²) in [6, 6.07) is 12.3. The van der Waals surface area contributed by atoms with Crippen LogP contribution in [0.1, 0.15) is 13.3 Å². The van der Waals surface area contributed by atoms with E-state index in [0.717, 1.165) is 5.75 Å². The van der Waals surface area contributed by atoms with Gasteiger partial charge in [0.05, 0.1) is 38.3 Å². The Balaban J connectivity index is 1.55. The number of carbonyl (C=O) groups excluding carboxylic acids is 2. The van der Waals surface area contributed by atoms with E-state index >= 15 is 0 Å². The first kappa shape index (κ1) is 19.5. The maximum absolute atomic E-state index is 12.5. The molecule has 0 radical (unpaired) electrons. The van der Waals surface area contributed by atoms with Crippen LogP contribution in [0.25, 0.3) is 0 Å². The molecule has 2 aromatic carbocycles. The van der Waals surface area contributed by atoms with Crippen molar-refractivity contribution >= 4 is 23.2 Å². The Hall–Kier alpha value is -3.22. The summed E-state index contributed by atoms with van der Waals surface area (Å²) in [5.41, 5.74) is 1.22. The molecule has 0 bridgehead atoms. The number of nitrogens with one attached hydrogen (secondary N) is 2. The van der Waals surface area contributed by atoms with Crippen molar-refractivity contribution in [3.63, 3.8) is 0 Å². The van der Waals surface area contributed by atoms with Gasteiger partial charge in [-0.15, -0.1) is 0 Å². The third-order valence-corrected chi connectivity index (χ3v) is 4.56. The van der Waals surface area contributed by atoms with Gasteiger partial charge in [-0.2, -0.15) is 0 Å². The molecule has 148 valence electrons. The monoisotopic (exact) mass is 384 g/mol. The molecule has 2 atom stereocenters. The lowest BCUT2D eigenvalue weighted by atomic mass is 10.2. The lowest BCUT2D eigenvalue weighted by Crippen LogP contribution is -2.20. The van der Waals surface area contributed by atoms with Crippen LogP contribution in [0.15, 0.2) is 42.5 Å². The molecule has 7 heteroatoms. The minimum absolute atomic E-state index is 0.161. The molecule has 0 saturated heterocycles. The molecule has 1 aliphatic rings.